The third kappa shape index (κ3) is 6.73. The zero-order valence-electron chi connectivity index (χ0n) is 19.4. The predicted octanol–water partition coefficient (Wildman–Crippen LogP) is 3.50. The van der Waals surface area contributed by atoms with Crippen LogP contribution in [0.3, 0.4) is 0 Å². The summed E-state index contributed by atoms with van der Waals surface area (Å²) in [5.74, 6) is -0.539. The van der Waals surface area contributed by atoms with Gasteiger partial charge in [-0.15, -0.1) is 0 Å². The minimum atomic E-state index is -0.584. The van der Waals surface area contributed by atoms with E-state index < -0.39 is 11.6 Å². The molecule has 0 aliphatic heterocycles. The van der Waals surface area contributed by atoms with E-state index in [2.05, 4.69) is 16.7 Å². The molecule has 2 aromatic rings. The molecule has 30 heavy (non-hydrogen) atoms. The summed E-state index contributed by atoms with van der Waals surface area (Å²) >= 11 is 0. The fraction of sp³-hybridized carbons (Fsp3) is 0.500. The number of benzene rings is 1. The van der Waals surface area contributed by atoms with Gasteiger partial charge in [0.05, 0.1) is 5.56 Å². The minimum Gasteiger partial charge on any atom is -0.459 e. The van der Waals surface area contributed by atoms with Crippen molar-refractivity contribution >= 4 is 11.9 Å². The zero-order chi connectivity index (χ0) is 22.5. The molecule has 2 rings (SSSR count). The molecule has 0 aliphatic carbocycles. The van der Waals surface area contributed by atoms with Gasteiger partial charge in [-0.05, 0) is 60.3 Å². The Kier molecular flexibility index (Phi) is 7.84. The molecular weight excluding hydrogens is 378 g/mol. The highest BCUT2D eigenvalue weighted by atomic mass is 16.6. The smallest absolute Gasteiger partial charge is 0.326 e. The van der Waals surface area contributed by atoms with Crippen LogP contribution in [0.4, 0.5) is 0 Å². The zero-order valence-corrected chi connectivity index (χ0v) is 19.4. The fourth-order valence-electron chi connectivity index (χ4n) is 3.30. The second kappa shape index (κ2) is 9.94. The average Bonchev–Trinajstić information content (AvgIpc) is 2.92. The minimum absolute atomic E-state index is 0.0632. The van der Waals surface area contributed by atoms with Crippen LogP contribution in [0.5, 0.6) is 0 Å². The molecule has 6 heteroatoms. The van der Waals surface area contributed by atoms with E-state index in [0.29, 0.717) is 25.2 Å². The van der Waals surface area contributed by atoms with Crippen LogP contribution in [0.1, 0.15) is 48.1 Å². The van der Waals surface area contributed by atoms with Crippen LogP contribution in [0.15, 0.2) is 36.4 Å². The summed E-state index contributed by atoms with van der Waals surface area (Å²) in [6, 6.07) is 12.1. The van der Waals surface area contributed by atoms with Crippen LogP contribution >= 0.6 is 0 Å². The van der Waals surface area contributed by atoms with Gasteiger partial charge in [0.15, 0.2) is 0 Å². The average molecular weight is 414 g/mol. The van der Waals surface area contributed by atoms with Crippen molar-refractivity contribution in [2.24, 2.45) is 0 Å². The van der Waals surface area contributed by atoms with E-state index in [1.165, 1.54) is 5.56 Å². The van der Waals surface area contributed by atoms with Crippen LogP contribution in [0, 0.1) is 13.8 Å². The summed E-state index contributed by atoms with van der Waals surface area (Å²) in [7, 11) is 3.89. The van der Waals surface area contributed by atoms with E-state index in [4.69, 9.17) is 4.74 Å². The predicted molar refractivity (Wildman–Crippen MR) is 120 cm³/mol. The molecule has 0 saturated heterocycles. The third-order valence-electron chi connectivity index (χ3n) is 4.83. The lowest BCUT2D eigenvalue weighted by Gasteiger charge is -2.26. The van der Waals surface area contributed by atoms with Crippen LogP contribution in [0.2, 0.25) is 0 Å². The van der Waals surface area contributed by atoms with Gasteiger partial charge in [-0.25, -0.2) is 0 Å². The molecule has 0 N–H and O–H groups in total. The van der Waals surface area contributed by atoms with Gasteiger partial charge in [0, 0.05) is 31.0 Å². The number of carbonyl (C=O) groups is 2. The lowest BCUT2D eigenvalue weighted by Crippen LogP contribution is -2.42. The summed E-state index contributed by atoms with van der Waals surface area (Å²) in [6.45, 7) is 11.2. The molecule has 1 amide bonds. The quantitative estimate of drug-likeness (QED) is 0.622. The van der Waals surface area contributed by atoms with Gasteiger partial charge in [-0.3, -0.25) is 9.59 Å². The van der Waals surface area contributed by atoms with Crippen LogP contribution in [-0.4, -0.2) is 65.6 Å². The monoisotopic (exact) mass is 413 g/mol. The van der Waals surface area contributed by atoms with Gasteiger partial charge in [0.1, 0.15) is 12.1 Å². The van der Waals surface area contributed by atoms with Crippen LogP contribution in [-0.2, 0) is 16.1 Å². The first kappa shape index (κ1) is 23.7. The number of amides is 1. The first-order valence-electron chi connectivity index (χ1n) is 10.3. The molecule has 164 valence electrons. The Labute approximate surface area is 180 Å². The Morgan fingerprint density at radius 1 is 1.03 bits per heavy atom. The van der Waals surface area contributed by atoms with Crippen LogP contribution < -0.4 is 0 Å². The number of nitrogens with zero attached hydrogens (tertiary/aromatic N) is 3. The topological polar surface area (TPSA) is 54.8 Å². The lowest BCUT2D eigenvalue weighted by atomic mass is 10.2. The van der Waals surface area contributed by atoms with Gasteiger partial charge in [0.25, 0.3) is 5.91 Å². The van der Waals surface area contributed by atoms with Crippen LogP contribution in [0.25, 0.3) is 0 Å². The molecule has 0 atom stereocenters. The highest BCUT2D eigenvalue weighted by Crippen LogP contribution is 2.19. The Hall–Kier alpha value is -2.60. The number of likely N-dealkylation sites (N-methyl/N-ethyl adjacent to an activating group) is 1. The van der Waals surface area contributed by atoms with Gasteiger partial charge in [-0.2, -0.15) is 0 Å². The van der Waals surface area contributed by atoms with Crippen molar-refractivity contribution in [1.29, 1.82) is 0 Å². The van der Waals surface area contributed by atoms with E-state index in [-0.39, 0.29) is 12.5 Å². The van der Waals surface area contributed by atoms with Gasteiger partial charge >= 0.3 is 5.97 Å². The summed E-state index contributed by atoms with van der Waals surface area (Å²) < 4.78 is 7.59. The van der Waals surface area contributed by atoms with E-state index in [1.807, 2.05) is 77.9 Å². The summed E-state index contributed by atoms with van der Waals surface area (Å²) in [5.41, 5.74) is 3.14. The number of aromatic nitrogens is 1. The number of aryl methyl sites for hydroxylation is 1. The maximum Gasteiger partial charge on any atom is 0.326 e. The highest BCUT2D eigenvalue weighted by molar-refractivity contribution is 5.97. The first-order valence-corrected chi connectivity index (χ1v) is 10.3. The summed E-state index contributed by atoms with van der Waals surface area (Å²) in [5, 5.41) is 0. The Morgan fingerprint density at radius 3 is 2.23 bits per heavy atom. The SMILES string of the molecule is Cc1cc(C(=O)N(CCN(C)C)CC(=O)OC(C)(C)C)c(C)n1Cc1ccccc1. The largest absolute Gasteiger partial charge is 0.459 e. The van der Waals surface area contributed by atoms with Gasteiger partial charge < -0.3 is 19.1 Å². The standard InChI is InChI=1S/C24H35N3O3/c1-18-15-21(19(2)27(18)16-20-11-9-8-10-12-20)23(29)26(14-13-25(6)7)17-22(28)30-24(3,4)5/h8-12,15H,13-14,16-17H2,1-7H3. The van der Waals surface area contributed by atoms with Crippen molar-refractivity contribution in [3.63, 3.8) is 0 Å². The van der Waals surface area contributed by atoms with E-state index in [1.54, 1.807) is 4.90 Å². The highest BCUT2D eigenvalue weighted by Gasteiger charge is 2.25. The number of hydrogen-bond donors (Lipinski definition) is 0. The summed E-state index contributed by atoms with van der Waals surface area (Å²) in [6.07, 6.45) is 0. The number of carbonyl (C=O) groups excluding carboxylic acids is 2. The molecule has 1 aromatic carbocycles. The molecule has 0 fully saturated rings. The summed E-state index contributed by atoms with van der Waals surface area (Å²) in [4.78, 5) is 29.4. The first-order chi connectivity index (χ1) is 14.0. The number of rotatable bonds is 8. The maximum atomic E-state index is 13.4. The Bertz CT molecular complexity index is 864. The van der Waals surface area contributed by atoms with Gasteiger partial charge in [0.2, 0.25) is 0 Å². The normalized spacial score (nSPS) is 11.6. The van der Waals surface area contributed by atoms with Crippen molar-refractivity contribution in [3.05, 3.63) is 58.9 Å². The van der Waals surface area contributed by atoms with Crippen molar-refractivity contribution in [2.75, 3.05) is 33.7 Å². The fourth-order valence-corrected chi connectivity index (χ4v) is 3.30. The van der Waals surface area contributed by atoms with Gasteiger partial charge in [-0.1, -0.05) is 30.3 Å². The second-order valence-corrected chi connectivity index (χ2v) is 8.97. The van der Waals surface area contributed by atoms with Crippen molar-refractivity contribution < 1.29 is 14.3 Å². The molecule has 0 radical (unpaired) electrons. The second-order valence-electron chi connectivity index (χ2n) is 8.97. The third-order valence-corrected chi connectivity index (χ3v) is 4.83. The van der Waals surface area contributed by atoms with Crippen molar-refractivity contribution in [3.8, 4) is 0 Å². The number of hydrogen-bond acceptors (Lipinski definition) is 4. The Balaban J connectivity index is 2.25. The van der Waals surface area contributed by atoms with E-state index in [0.717, 1.165) is 11.4 Å². The van der Waals surface area contributed by atoms with E-state index >= 15 is 0 Å². The molecule has 1 heterocycles. The molecule has 1 aromatic heterocycles. The van der Waals surface area contributed by atoms with Crippen molar-refractivity contribution in [2.45, 2.75) is 46.8 Å². The molecule has 0 spiro atoms. The molecule has 0 bridgehead atoms. The number of esters is 1. The molecule has 6 nitrogen and oxygen atoms in total. The molecule has 0 saturated carbocycles. The lowest BCUT2D eigenvalue weighted by molar-refractivity contribution is -0.155. The molecule has 0 unspecified atom stereocenters. The molecular formula is C24H35N3O3. The molecule has 0 aliphatic rings. The van der Waals surface area contributed by atoms with Crippen molar-refractivity contribution in [1.82, 2.24) is 14.4 Å². The maximum absolute atomic E-state index is 13.4. The number of ether oxygens (including phenoxy) is 1. The van der Waals surface area contributed by atoms with E-state index in [9.17, 15) is 9.59 Å². The Morgan fingerprint density at radius 2 is 1.67 bits per heavy atom.